The SMILES string of the molecule is COc1cc(C(O)c2ccc(Cl)cc2F)cc2c1OCO2. The third-order valence-corrected chi connectivity index (χ3v) is 3.49. The van der Waals surface area contributed by atoms with Crippen molar-refractivity contribution in [3.63, 3.8) is 0 Å². The summed E-state index contributed by atoms with van der Waals surface area (Å²) in [6.45, 7) is 0.0839. The van der Waals surface area contributed by atoms with Crippen LogP contribution in [0.1, 0.15) is 17.2 Å². The molecule has 6 heteroatoms. The second-order valence-electron chi connectivity index (χ2n) is 4.53. The summed E-state index contributed by atoms with van der Waals surface area (Å²) in [5.41, 5.74) is 0.567. The van der Waals surface area contributed by atoms with E-state index >= 15 is 0 Å². The van der Waals surface area contributed by atoms with E-state index in [1.165, 1.54) is 19.2 Å². The summed E-state index contributed by atoms with van der Waals surface area (Å²) in [6.07, 6.45) is -1.16. The van der Waals surface area contributed by atoms with E-state index in [1.54, 1.807) is 12.1 Å². The highest BCUT2D eigenvalue weighted by Crippen LogP contribution is 2.43. The van der Waals surface area contributed by atoms with Gasteiger partial charge < -0.3 is 19.3 Å². The van der Waals surface area contributed by atoms with Crippen LogP contribution in [0.5, 0.6) is 17.2 Å². The molecule has 2 aromatic rings. The lowest BCUT2D eigenvalue weighted by atomic mass is 10.00. The fourth-order valence-corrected chi connectivity index (χ4v) is 2.37. The summed E-state index contributed by atoms with van der Waals surface area (Å²) in [7, 11) is 1.48. The quantitative estimate of drug-likeness (QED) is 0.945. The molecule has 0 saturated carbocycles. The predicted octanol–water partition coefficient (Wildman–Crippen LogP) is 3.30. The first-order valence-electron chi connectivity index (χ1n) is 6.20. The van der Waals surface area contributed by atoms with Gasteiger partial charge in [0.2, 0.25) is 12.5 Å². The monoisotopic (exact) mass is 310 g/mol. The molecule has 4 nitrogen and oxygen atoms in total. The van der Waals surface area contributed by atoms with Crippen LogP contribution in [0, 0.1) is 5.82 Å². The van der Waals surface area contributed by atoms with Gasteiger partial charge in [0, 0.05) is 10.6 Å². The van der Waals surface area contributed by atoms with Gasteiger partial charge in [-0.3, -0.25) is 0 Å². The summed E-state index contributed by atoms with van der Waals surface area (Å²) in [5.74, 6) is 0.780. The molecule has 1 heterocycles. The molecular formula is C15H12ClFO4. The number of fused-ring (bicyclic) bond motifs is 1. The van der Waals surface area contributed by atoms with Gasteiger partial charge in [0.15, 0.2) is 11.5 Å². The van der Waals surface area contributed by atoms with Gasteiger partial charge in [-0.15, -0.1) is 0 Å². The average Bonchev–Trinajstić information content (AvgIpc) is 2.94. The van der Waals surface area contributed by atoms with Gasteiger partial charge in [-0.1, -0.05) is 17.7 Å². The maximum atomic E-state index is 13.9. The van der Waals surface area contributed by atoms with Crippen LogP contribution in [0.3, 0.4) is 0 Å². The van der Waals surface area contributed by atoms with E-state index in [0.29, 0.717) is 22.8 Å². The Morgan fingerprint density at radius 3 is 2.81 bits per heavy atom. The topological polar surface area (TPSA) is 47.9 Å². The number of benzene rings is 2. The molecule has 0 fully saturated rings. The molecular weight excluding hydrogens is 299 g/mol. The highest BCUT2D eigenvalue weighted by Gasteiger charge is 2.24. The molecule has 2 aromatic carbocycles. The number of hydrogen-bond donors (Lipinski definition) is 1. The Kier molecular flexibility index (Phi) is 3.61. The van der Waals surface area contributed by atoms with Gasteiger partial charge in [0.1, 0.15) is 11.9 Å². The molecule has 0 saturated heterocycles. The number of rotatable bonds is 3. The molecule has 1 aliphatic rings. The Morgan fingerprint density at radius 2 is 2.10 bits per heavy atom. The molecule has 0 spiro atoms. The van der Waals surface area contributed by atoms with Crippen molar-refractivity contribution in [2.45, 2.75) is 6.10 Å². The summed E-state index contributed by atoms with van der Waals surface area (Å²) in [4.78, 5) is 0. The Hall–Kier alpha value is -1.98. The van der Waals surface area contributed by atoms with Crippen molar-refractivity contribution in [1.29, 1.82) is 0 Å². The minimum absolute atomic E-state index is 0.0839. The van der Waals surface area contributed by atoms with E-state index in [4.69, 9.17) is 25.8 Å². The standard InChI is InChI=1S/C15H12ClFO4/c1-19-12-4-8(5-13-15(12)21-7-20-13)14(18)10-3-2-9(16)6-11(10)17/h2-6,14,18H,7H2,1H3. The van der Waals surface area contributed by atoms with Gasteiger partial charge in [0.25, 0.3) is 0 Å². The first kappa shape index (κ1) is 14.0. The minimum atomic E-state index is -1.16. The van der Waals surface area contributed by atoms with E-state index in [0.717, 1.165) is 6.07 Å². The van der Waals surface area contributed by atoms with Crippen molar-refractivity contribution in [3.05, 3.63) is 52.3 Å². The number of ether oxygens (including phenoxy) is 3. The van der Waals surface area contributed by atoms with Crippen molar-refractivity contribution < 1.29 is 23.7 Å². The molecule has 1 aliphatic heterocycles. The van der Waals surface area contributed by atoms with Gasteiger partial charge >= 0.3 is 0 Å². The Bertz CT molecular complexity index is 690. The zero-order valence-electron chi connectivity index (χ0n) is 11.1. The number of halogens is 2. The molecule has 0 bridgehead atoms. The van der Waals surface area contributed by atoms with Crippen molar-refractivity contribution in [2.24, 2.45) is 0 Å². The molecule has 110 valence electrons. The number of hydrogen-bond acceptors (Lipinski definition) is 4. The first-order valence-corrected chi connectivity index (χ1v) is 6.58. The number of aliphatic hydroxyl groups excluding tert-OH is 1. The van der Waals surface area contributed by atoms with Crippen molar-refractivity contribution >= 4 is 11.6 Å². The third kappa shape index (κ3) is 2.50. The maximum Gasteiger partial charge on any atom is 0.231 e. The van der Waals surface area contributed by atoms with Crippen molar-refractivity contribution in [1.82, 2.24) is 0 Å². The second kappa shape index (κ2) is 5.42. The average molecular weight is 311 g/mol. The van der Waals surface area contributed by atoms with Crippen LogP contribution in [0.25, 0.3) is 0 Å². The summed E-state index contributed by atoms with van der Waals surface area (Å²) in [6, 6.07) is 7.31. The number of methoxy groups -OCH3 is 1. The lowest BCUT2D eigenvalue weighted by molar-refractivity contribution is 0.171. The molecule has 1 atom stereocenters. The Labute approximate surface area is 125 Å². The minimum Gasteiger partial charge on any atom is -0.493 e. The Balaban J connectivity index is 2.03. The molecule has 1 N–H and O–H groups in total. The Morgan fingerprint density at radius 1 is 1.29 bits per heavy atom. The van der Waals surface area contributed by atoms with Gasteiger partial charge in [0.05, 0.1) is 7.11 Å². The van der Waals surface area contributed by atoms with Crippen LogP contribution in [0.4, 0.5) is 4.39 Å². The van der Waals surface area contributed by atoms with Gasteiger partial charge in [-0.2, -0.15) is 0 Å². The zero-order chi connectivity index (χ0) is 15.0. The summed E-state index contributed by atoms with van der Waals surface area (Å²) >= 11 is 5.71. The van der Waals surface area contributed by atoms with Crippen LogP contribution in [-0.2, 0) is 0 Å². The molecule has 3 rings (SSSR count). The summed E-state index contributed by atoms with van der Waals surface area (Å²) < 4.78 is 29.7. The highest BCUT2D eigenvalue weighted by atomic mass is 35.5. The molecule has 0 aliphatic carbocycles. The van der Waals surface area contributed by atoms with Gasteiger partial charge in [-0.25, -0.2) is 4.39 Å². The molecule has 0 amide bonds. The molecule has 21 heavy (non-hydrogen) atoms. The highest BCUT2D eigenvalue weighted by molar-refractivity contribution is 6.30. The van der Waals surface area contributed by atoms with Crippen LogP contribution in [0.15, 0.2) is 30.3 Å². The van der Waals surface area contributed by atoms with Crippen LogP contribution < -0.4 is 14.2 Å². The van der Waals surface area contributed by atoms with E-state index in [2.05, 4.69) is 0 Å². The van der Waals surface area contributed by atoms with Crippen LogP contribution >= 0.6 is 11.6 Å². The van der Waals surface area contributed by atoms with E-state index < -0.39 is 11.9 Å². The molecule has 0 aromatic heterocycles. The largest absolute Gasteiger partial charge is 0.493 e. The van der Waals surface area contributed by atoms with E-state index in [-0.39, 0.29) is 17.4 Å². The predicted molar refractivity (Wildman–Crippen MR) is 74.6 cm³/mol. The summed E-state index contributed by atoms with van der Waals surface area (Å²) in [5, 5.41) is 10.6. The fraction of sp³-hybridized carbons (Fsp3) is 0.200. The van der Waals surface area contributed by atoms with E-state index in [1.807, 2.05) is 0 Å². The van der Waals surface area contributed by atoms with E-state index in [9.17, 15) is 9.50 Å². The van der Waals surface area contributed by atoms with Gasteiger partial charge in [-0.05, 0) is 29.8 Å². The zero-order valence-corrected chi connectivity index (χ0v) is 11.9. The smallest absolute Gasteiger partial charge is 0.231 e. The lowest BCUT2D eigenvalue weighted by Crippen LogP contribution is -2.03. The normalized spacial score (nSPS) is 14.1. The fourth-order valence-electron chi connectivity index (χ4n) is 2.21. The maximum absolute atomic E-state index is 13.9. The van der Waals surface area contributed by atoms with Crippen molar-refractivity contribution in [2.75, 3.05) is 13.9 Å². The second-order valence-corrected chi connectivity index (χ2v) is 4.96. The third-order valence-electron chi connectivity index (χ3n) is 3.25. The van der Waals surface area contributed by atoms with Crippen molar-refractivity contribution in [3.8, 4) is 17.2 Å². The lowest BCUT2D eigenvalue weighted by Gasteiger charge is -2.15. The molecule has 1 unspecified atom stereocenters. The van der Waals surface area contributed by atoms with Crippen LogP contribution in [0.2, 0.25) is 5.02 Å². The first-order chi connectivity index (χ1) is 10.1. The molecule has 0 radical (unpaired) electrons. The van der Waals surface area contributed by atoms with Crippen LogP contribution in [-0.4, -0.2) is 19.0 Å². The number of aliphatic hydroxyl groups is 1.